The van der Waals surface area contributed by atoms with Crippen LogP contribution in [0.1, 0.15) is 24.0 Å². The molecular formula is C14H21NO. The van der Waals surface area contributed by atoms with E-state index in [4.69, 9.17) is 5.11 Å². The van der Waals surface area contributed by atoms with Crippen molar-refractivity contribution in [1.29, 1.82) is 0 Å². The number of hydrogen-bond donors (Lipinski definition) is 1. The predicted octanol–water partition coefficient (Wildman–Crippen LogP) is 2.20. The van der Waals surface area contributed by atoms with Crippen molar-refractivity contribution < 1.29 is 5.11 Å². The largest absolute Gasteiger partial charge is 0.396 e. The van der Waals surface area contributed by atoms with Crippen LogP contribution in [0.2, 0.25) is 0 Å². The maximum absolute atomic E-state index is 9.09. The van der Waals surface area contributed by atoms with Crippen LogP contribution in [0.3, 0.4) is 0 Å². The second-order valence-electron chi connectivity index (χ2n) is 4.83. The highest BCUT2D eigenvalue weighted by Gasteiger charge is 2.18. The molecule has 1 saturated heterocycles. The van der Waals surface area contributed by atoms with Gasteiger partial charge >= 0.3 is 0 Å². The van der Waals surface area contributed by atoms with Gasteiger partial charge in [0.25, 0.3) is 0 Å². The minimum Gasteiger partial charge on any atom is -0.396 e. The summed E-state index contributed by atoms with van der Waals surface area (Å²) in [6.07, 6.45) is 2.28. The van der Waals surface area contributed by atoms with E-state index in [0.717, 1.165) is 32.5 Å². The van der Waals surface area contributed by atoms with Crippen molar-refractivity contribution in [3.63, 3.8) is 0 Å². The van der Waals surface area contributed by atoms with Gasteiger partial charge in [-0.05, 0) is 49.9 Å². The molecule has 0 atom stereocenters. The molecule has 0 aromatic heterocycles. The lowest BCUT2D eigenvalue weighted by atomic mass is 9.97. The van der Waals surface area contributed by atoms with Crippen LogP contribution in [0.25, 0.3) is 0 Å². The molecule has 88 valence electrons. The van der Waals surface area contributed by atoms with Crippen molar-refractivity contribution in [2.75, 3.05) is 19.7 Å². The van der Waals surface area contributed by atoms with Gasteiger partial charge in [0.1, 0.15) is 0 Å². The fraction of sp³-hybridized carbons (Fsp3) is 0.571. The Morgan fingerprint density at radius 2 is 1.94 bits per heavy atom. The zero-order valence-corrected chi connectivity index (χ0v) is 10.0. The van der Waals surface area contributed by atoms with E-state index in [1.807, 2.05) is 0 Å². The van der Waals surface area contributed by atoms with Crippen LogP contribution in [-0.2, 0) is 6.54 Å². The molecule has 0 saturated carbocycles. The highest BCUT2D eigenvalue weighted by atomic mass is 16.3. The number of nitrogens with zero attached hydrogens (tertiary/aromatic N) is 1. The van der Waals surface area contributed by atoms with Crippen molar-refractivity contribution in [1.82, 2.24) is 4.90 Å². The molecule has 1 aliphatic heterocycles. The summed E-state index contributed by atoms with van der Waals surface area (Å²) in [6, 6.07) is 8.60. The maximum Gasteiger partial charge on any atom is 0.0460 e. The Kier molecular flexibility index (Phi) is 3.97. The van der Waals surface area contributed by atoms with Crippen LogP contribution in [-0.4, -0.2) is 29.7 Å². The second-order valence-corrected chi connectivity index (χ2v) is 4.83. The lowest BCUT2D eigenvalue weighted by molar-refractivity contribution is 0.127. The lowest BCUT2D eigenvalue weighted by Crippen LogP contribution is -2.34. The monoisotopic (exact) mass is 219 g/mol. The van der Waals surface area contributed by atoms with Gasteiger partial charge in [-0.25, -0.2) is 0 Å². The highest BCUT2D eigenvalue weighted by Crippen LogP contribution is 2.19. The summed E-state index contributed by atoms with van der Waals surface area (Å²) in [5.41, 5.74) is 2.82. The first-order valence-electron chi connectivity index (χ1n) is 6.17. The molecule has 1 aromatic rings. The van der Waals surface area contributed by atoms with E-state index in [0.29, 0.717) is 12.5 Å². The Hall–Kier alpha value is -0.860. The molecule has 0 unspecified atom stereocenters. The van der Waals surface area contributed by atoms with E-state index < -0.39 is 0 Å². The second kappa shape index (κ2) is 5.46. The topological polar surface area (TPSA) is 23.5 Å². The third-order valence-electron chi connectivity index (χ3n) is 3.62. The van der Waals surface area contributed by atoms with Crippen LogP contribution in [0.5, 0.6) is 0 Å². The van der Waals surface area contributed by atoms with Gasteiger partial charge in [-0.1, -0.05) is 24.3 Å². The van der Waals surface area contributed by atoms with Gasteiger partial charge in [-0.2, -0.15) is 0 Å². The summed E-state index contributed by atoms with van der Waals surface area (Å²) in [5, 5.41) is 9.09. The number of likely N-dealkylation sites (tertiary alicyclic amines) is 1. The van der Waals surface area contributed by atoms with Gasteiger partial charge in [0.05, 0.1) is 0 Å². The van der Waals surface area contributed by atoms with E-state index in [1.54, 1.807) is 0 Å². The van der Waals surface area contributed by atoms with Crippen molar-refractivity contribution >= 4 is 0 Å². The Labute approximate surface area is 97.9 Å². The standard InChI is InChI=1S/C14H21NO/c1-12-4-2-3-5-14(12)10-15-8-6-13(11-16)7-9-15/h2-5,13,16H,6-11H2,1H3. The number of benzene rings is 1. The summed E-state index contributed by atoms with van der Waals surface area (Å²) in [7, 11) is 0. The van der Waals surface area contributed by atoms with E-state index >= 15 is 0 Å². The number of aliphatic hydroxyl groups excluding tert-OH is 1. The summed E-state index contributed by atoms with van der Waals surface area (Å²) in [6.45, 7) is 5.85. The summed E-state index contributed by atoms with van der Waals surface area (Å²) in [4.78, 5) is 2.49. The first kappa shape index (κ1) is 11.6. The Balaban J connectivity index is 1.89. The molecule has 1 aromatic carbocycles. The normalized spacial score (nSPS) is 18.9. The van der Waals surface area contributed by atoms with Gasteiger partial charge in [-0.3, -0.25) is 4.90 Å². The van der Waals surface area contributed by atoms with Crippen molar-refractivity contribution in [3.8, 4) is 0 Å². The molecule has 2 nitrogen and oxygen atoms in total. The molecule has 2 rings (SSSR count). The smallest absolute Gasteiger partial charge is 0.0460 e. The zero-order chi connectivity index (χ0) is 11.4. The molecule has 1 aliphatic rings. The molecule has 0 amide bonds. The Bertz CT molecular complexity index is 329. The van der Waals surface area contributed by atoms with Crippen LogP contribution < -0.4 is 0 Å². The fourth-order valence-corrected chi connectivity index (χ4v) is 2.36. The average Bonchev–Trinajstić information content (AvgIpc) is 2.33. The van der Waals surface area contributed by atoms with Crippen LogP contribution >= 0.6 is 0 Å². The molecule has 16 heavy (non-hydrogen) atoms. The van der Waals surface area contributed by atoms with Gasteiger partial charge < -0.3 is 5.11 Å². The van der Waals surface area contributed by atoms with Crippen LogP contribution in [0.4, 0.5) is 0 Å². The van der Waals surface area contributed by atoms with Crippen LogP contribution in [0.15, 0.2) is 24.3 Å². The van der Waals surface area contributed by atoms with Gasteiger partial charge in [0.2, 0.25) is 0 Å². The molecule has 1 heterocycles. The summed E-state index contributed by atoms with van der Waals surface area (Å²) < 4.78 is 0. The predicted molar refractivity (Wildman–Crippen MR) is 66.3 cm³/mol. The minimum atomic E-state index is 0.359. The molecular weight excluding hydrogens is 198 g/mol. The molecule has 2 heteroatoms. The zero-order valence-electron chi connectivity index (χ0n) is 10.0. The third-order valence-corrected chi connectivity index (χ3v) is 3.62. The molecule has 1 N–H and O–H groups in total. The number of rotatable bonds is 3. The van der Waals surface area contributed by atoms with E-state index in [1.165, 1.54) is 11.1 Å². The number of hydrogen-bond acceptors (Lipinski definition) is 2. The first-order chi connectivity index (χ1) is 7.79. The minimum absolute atomic E-state index is 0.359. The van der Waals surface area contributed by atoms with Crippen molar-refractivity contribution in [2.45, 2.75) is 26.3 Å². The van der Waals surface area contributed by atoms with E-state index in [-0.39, 0.29) is 0 Å². The third kappa shape index (κ3) is 2.83. The Morgan fingerprint density at radius 3 is 2.56 bits per heavy atom. The lowest BCUT2D eigenvalue weighted by Gasteiger charge is -2.31. The SMILES string of the molecule is Cc1ccccc1CN1CCC(CO)CC1. The highest BCUT2D eigenvalue weighted by molar-refractivity contribution is 5.25. The molecule has 0 radical (unpaired) electrons. The Morgan fingerprint density at radius 1 is 1.25 bits per heavy atom. The number of aliphatic hydroxyl groups is 1. The first-order valence-corrected chi connectivity index (χ1v) is 6.17. The van der Waals surface area contributed by atoms with Gasteiger partial charge in [0.15, 0.2) is 0 Å². The quantitative estimate of drug-likeness (QED) is 0.842. The molecule has 0 spiro atoms. The molecule has 1 fully saturated rings. The molecule has 0 bridgehead atoms. The van der Waals surface area contributed by atoms with Crippen LogP contribution in [0, 0.1) is 12.8 Å². The average molecular weight is 219 g/mol. The van der Waals surface area contributed by atoms with Gasteiger partial charge in [0, 0.05) is 13.2 Å². The molecule has 0 aliphatic carbocycles. The number of piperidine rings is 1. The fourth-order valence-electron chi connectivity index (χ4n) is 2.36. The van der Waals surface area contributed by atoms with Crippen molar-refractivity contribution in [3.05, 3.63) is 35.4 Å². The van der Waals surface area contributed by atoms with Crippen molar-refractivity contribution in [2.24, 2.45) is 5.92 Å². The van der Waals surface area contributed by atoms with E-state index in [9.17, 15) is 0 Å². The van der Waals surface area contributed by atoms with Gasteiger partial charge in [-0.15, -0.1) is 0 Å². The van der Waals surface area contributed by atoms with E-state index in [2.05, 4.69) is 36.1 Å². The maximum atomic E-state index is 9.09. The summed E-state index contributed by atoms with van der Waals surface area (Å²) >= 11 is 0. The summed E-state index contributed by atoms with van der Waals surface area (Å²) in [5.74, 6) is 0.535. The number of aryl methyl sites for hydroxylation is 1.